The van der Waals surface area contributed by atoms with Gasteiger partial charge in [-0.15, -0.1) is 0 Å². The van der Waals surface area contributed by atoms with Crippen molar-refractivity contribution in [2.24, 2.45) is 4.99 Å². The van der Waals surface area contributed by atoms with E-state index in [0.717, 1.165) is 46.0 Å². The summed E-state index contributed by atoms with van der Waals surface area (Å²) in [6.45, 7) is 2.73. The van der Waals surface area contributed by atoms with Crippen molar-refractivity contribution in [1.82, 2.24) is 5.32 Å². The second-order valence-electron chi connectivity index (χ2n) is 7.18. The summed E-state index contributed by atoms with van der Waals surface area (Å²) in [6.07, 6.45) is 2.65. The number of hydrogen-bond donors (Lipinski definition) is 1. The van der Waals surface area contributed by atoms with E-state index in [4.69, 9.17) is 16.6 Å². The van der Waals surface area contributed by atoms with Crippen molar-refractivity contribution in [3.8, 4) is 0 Å². The zero-order valence-electron chi connectivity index (χ0n) is 16.8. The number of amides is 1. The highest BCUT2D eigenvalue weighted by molar-refractivity contribution is 7.99. The van der Waals surface area contributed by atoms with Gasteiger partial charge in [0, 0.05) is 38.2 Å². The minimum atomic E-state index is -0.0612. The Kier molecular flexibility index (Phi) is 6.56. The van der Waals surface area contributed by atoms with E-state index in [-0.39, 0.29) is 5.91 Å². The van der Waals surface area contributed by atoms with Crippen LogP contribution in [-0.2, 0) is 6.42 Å². The third-order valence-electron chi connectivity index (χ3n) is 5.05. The van der Waals surface area contributed by atoms with E-state index in [0.29, 0.717) is 17.1 Å². The van der Waals surface area contributed by atoms with Gasteiger partial charge in [0.05, 0.1) is 5.69 Å². The highest BCUT2D eigenvalue weighted by Crippen LogP contribution is 2.41. The van der Waals surface area contributed by atoms with Gasteiger partial charge in [-0.05, 0) is 61.2 Å². The van der Waals surface area contributed by atoms with Crippen molar-refractivity contribution in [3.63, 3.8) is 0 Å². The molecule has 3 aromatic rings. The topological polar surface area (TPSA) is 41.5 Å². The van der Waals surface area contributed by atoms with Gasteiger partial charge in [-0.3, -0.25) is 9.79 Å². The number of benzene rings is 3. The summed E-state index contributed by atoms with van der Waals surface area (Å²) in [5.74, 6) is -0.0612. The average molecular weight is 435 g/mol. The lowest BCUT2D eigenvalue weighted by Gasteiger charge is -2.08. The Hall–Kier alpha value is -2.56. The number of carbonyl (C=O) groups excluding carboxylic acids is 1. The van der Waals surface area contributed by atoms with Crippen molar-refractivity contribution in [2.75, 3.05) is 6.54 Å². The van der Waals surface area contributed by atoms with Crippen LogP contribution in [0, 0.1) is 0 Å². The van der Waals surface area contributed by atoms with Gasteiger partial charge in [0.25, 0.3) is 5.91 Å². The Balaban J connectivity index is 1.47. The van der Waals surface area contributed by atoms with Crippen molar-refractivity contribution in [3.05, 3.63) is 88.4 Å². The second kappa shape index (κ2) is 9.50. The van der Waals surface area contributed by atoms with Gasteiger partial charge in [0.1, 0.15) is 0 Å². The van der Waals surface area contributed by atoms with Crippen LogP contribution in [0.3, 0.4) is 0 Å². The largest absolute Gasteiger partial charge is 0.352 e. The normalized spacial score (nSPS) is 12.4. The fourth-order valence-electron chi connectivity index (χ4n) is 3.48. The van der Waals surface area contributed by atoms with Gasteiger partial charge >= 0.3 is 0 Å². The maximum atomic E-state index is 12.7. The maximum absolute atomic E-state index is 12.7. The van der Waals surface area contributed by atoms with Gasteiger partial charge in [-0.1, -0.05) is 60.6 Å². The number of fused-ring (bicyclic) bond motifs is 2. The molecule has 0 unspecified atom stereocenters. The summed E-state index contributed by atoms with van der Waals surface area (Å²) in [4.78, 5) is 19.7. The lowest BCUT2D eigenvalue weighted by molar-refractivity contribution is 0.0953. The van der Waals surface area contributed by atoms with E-state index in [1.54, 1.807) is 11.8 Å². The van der Waals surface area contributed by atoms with Crippen molar-refractivity contribution in [2.45, 2.75) is 36.0 Å². The van der Waals surface area contributed by atoms with Gasteiger partial charge in [0.2, 0.25) is 0 Å². The van der Waals surface area contributed by atoms with Crippen molar-refractivity contribution >= 4 is 40.7 Å². The number of halogens is 1. The summed E-state index contributed by atoms with van der Waals surface area (Å²) in [6, 6.07) is 22.0. The Labute approximate surface area is 186 Å². The van der Waals surface area contributed by atoms with Crippen molar-refractivity contribution < 1.29 is 4.79 Å². The monoisotopic (exact) mass is 434 g/mol. The van der Waals surface area contributed by atoms with E-state index in [1.165, 1.54) is 5.56 Å². The van der Waals surface area contributed by atoms with E-state index in [9.17, 15) is 4.79 Å². The molecule has 5 heteroatoms. The van der Waals surface area contributed by atoms with Crippen LogP contribution in [-0.4, -0.2) is 18.2 Å². The second-order valence-corrected chi connectivity index (χ2v) is 8.70. The molecule has 1 amide bonds. The van der Waals surface area contributed by atoms with Crippen LogP contribution in [0.15, 0.2) is 81.5 Å². The van der Waals surface area contributed by atoms with Crippen LogP contribution in [0.1, 0.15) is 41.3 Å². The molecule has 3 aromatic carbocycles. The third kappa shape index (κ3) is 4.77. The van der Waals surface area contributed by atoms with Crippen LogP contribution in [0.25, 0.3) is 0 Å². The summed E-state index contributed by atoms with van der Waals surface area (Å²) in [7, 11) is 0. The van der Waals surface area contributed by atoms with E-state index >= 15 is 0 Å². The molecule has 1 aliphatic rings. The minimum absolute atomic E-state index is 0.0612. The van der Waals surface area contributed by atoms with Gasteiger partial charge in [0.15, 0.2) is 0 Å². The number of aryl methyl sites for hydroxylation is 1. The molecule has 1 N–H and O–H groups in total. The lowest BCUT2D eigenvalue weighted by Crippen LogP contribution is -2.24. The first-order valence-electron chi connectivity index (χ1n) is 10.2. The zero-order chi connectivity index (χ0) is 20.9. The van der Waals surface area contributed by atoms with Crippen LogP contribution in [0.2, 0.25) is 5.02 Å². The first kappa shape index (κ1) is 20.7. The molecule has 0 fully saturated rings. The lowest BCUT2D eigenvalue weighted by atomic mass is 10.1. The SMILES string of the molecule is CCC1=Nc2cc(C(=O)NCCCc3ccccc3)ccc2Sc2ccc(Cl)cc21. The molecule has 0 atom stereocenters. The molecule has 0 aliphatic carbocycles. The zero-order valence-corrected chi connectivity index (χ0v) is 18.4. The molecule has 1 heterocycles. The molecule has 0 saturated carbocycles. The molecule has 4 rings (SSSR count). The standard InChI is InChI=1S/C25H23ClN2OS/c1-2-21-20-16-19(26)11-13-23(20)30-24-12-10-18(15-22(24)28-21)25(29)27-14-6-9-17-7-4-3-5-8-17/h3-5,7-8,10-13,15-16H,2,6,9,14H2,1H3,(H,27,29). The fourth-order valence-corrected chi connectivity index (χ4v) is 4.66. The first-order valence-corrected chi connectivity index (χ1v) is 11.3. The Morgan fingerprint density at radius 3 is 2.63 bits per heavy atom. The average Bonchev–Trinajstić information content (AvgIpc) is 2.93. The van der Waals surface area contributed by atoms with Crippen LogP contribution < -0.4 is 5.32 Å². The summed E-state index contributed by atoms with van der Waals surface area (Å²) >= 11 is 7.88. The first-order chi connectivity index (χ1) is 14.6. The van der Waals surface area contributed by atoms with Crippen molar-refractivity contribution in [1.29, 1.82) is 0 Å². The molecule has 0 bridgehead atoms. The summed E-state index contributed by atoms with van der Waals surface area (Å²) < 4.78 is 0. The van der Waals surface area contributed by atoms with Crippen LogP contribution in [0.4, 0.5) is 5.69 Å². The van der Waals surface area contributed by atoms with Gasteiger partial charge in [-0.2, -0.15) is 0 Å². The molecule has 3 nitrogen and oxygen atoms in total. The smallest absolute Gasteiger partial charge is 0.251 e. The van der Waals surface area contributed by atoms with Gasteiger partial charge < -0.3 is 5.32 Å². The van der Waals surface area contributed by atoms with E-state index in [1.807, 2.05) is 54.6 Å². The maximum Gasteiger partial charge on any atom is 0.251 e. The Bertz CT molecular complexity index is 1100. The van der Waals surface area contributed by atoms with Gasteiger partial charge in [-0.25, -0.2) is 0 Å². The Morgan fingerprint density at radius 1 is 1.03 bits per heavy atom. The molecular weight excluding hydrogens is 412 g/mol. The summed E-state index contributed by atoms with van der Waals surface area (Å²) in [5.41, 5.74) is 4.81. The van der Waals surface area contributed by atoms with E-state index in [2.05, 4.69) is 24.4 Å². The number of rotatable bonds is 6. The highest BCUT2D eigenvalue weighted by atomic mass is 35.5. The third-order valence-corrected chi connectivity index (χ3v) is 6.43. The molecule has 0 spiro atoms. The predicted molar refractivity (Wildman–Crippen MR) is 126 cm³/mol. The van der Waals surface area contributed by atoms with E-state index < -0.39 is 0 Å². The molecule has 0 aromatic heterocycles. The minimum Gasteiger partial charge on any atom is -0.352 e. The number of hydrogen-bond acceptors (Lipinski definition) is 3. The fraction of sp³-hybridized carbons (Fsp3) is 0.200. The van der Waals surface area contributed by atoms with Crippen LogP contribution in [0.5, 0.6) is 0 Å². The quantitative estimate of drug-likeness (QED) is 0.438. The van der Waals surface area contributed by atoms with Crippen LogP contribution >= 0.6 is 23.4 Å². The molecular formula is C25H23ClN2OS. The molecule has 0 saturated heterocycles. The highest BCUT2D eigenvalue weighted by Gasteiger charge is 2.18. The molecule has 30 heavy (non-hydrogen) atoms. The number of carbonyl (C=O) groups is 1. The number of nitrogens with zero attached hydrogens (tertiary/aromatic N) is 1. The Morgan fingerprint density at radius 2 is 1.83 bits per heavy atom. The molecule has 1 aliphatic heterocycles. The number of aliphatic imine (C=N–C) groups is 1. The number of nitrogens with one attached hydrogen (secondary N) is 1. The molecule has 0 radical (unpaired) electrons. The molecule has 152 valence electrons. The predicted octanol–water partition coefficient (Wildman–Crippen LogP) is 6.70. The summed E-state index contributed by atoms with van der Waals surface area (Å²) in [5, 5.41) is 3.74.